The molecule has 1 N–H and O–H groups in total. The molecule has 1 aromatic heterocycles. The van der Waals surface area contributed by atoms with Crippen LogP contribution in [-0.4, -0.2) is 29.3 Å². The lowest BCUT2D eigenvalue weighted by molar-refractivity contribution is 0.0945. The third-order valence-corrected chi connectivity index (χ3v) is 2.95. The number of carbonyl (C=O) groups excluding carboxylic acids is 1. The van der Waals surface area contributed by atoms with Gasteiger partial charge in [-0.05, 0) is 18.6 Å². The van der Waals surface area contributed by atoms with E-state index in [4.69, 9.17) is 4.74 Å². The topological polar surface area (TPSA) is 56.2 Å². The fourth-order valence-electron chi connectivity index (χ4n) is 1.84. The van der Waals surface area contributed by atoms with E-state index < -0.39 is 0 Å². The van der Waals surface area contributed by atoms with Crippen molar-refractivity contribution >= 4 is 5.91 Å². The number of carbonyl (C=O) groups is 1. The second-order valence-corrected chi connectivity index (χ2v) is 4.44. The molecule has 0 radical (unpaired) electrons. The molecule has 0 spiro atoms. The third-order valence-electron chi connectivity index (χ3n) is 2.95. The Labute approximate surface area is 118 Å². The SMILES string of the molecule is CCCCNC(=O)c1nn(-c2ccccc2)cc1OC. The summed E-state index contributed by atoms with van der Waals surface area (Å²) >= 11 is 0. The van der Waals surface area contributed by atoms with Crippen LogP contribution in [0.2, 0.25) is 0 Å². The van der Waals surface area contributed by atoms with Crippen molar-refractivity contribution in [2.45, 2.75) is 19.8 Å². The van der Waals surface area contributed by atoms with Gasteiger partial charge in [-0.1, -0.05) is 31.5 Å². The number of rotatable bonds is 6. The first-order valence-electron chi connectivity index (χ1n) is 6.73. The van der Waals surface area contributed by atoms with Gasteiger partial charge in [-0.15, -0.1) is 0 Å². The highest BCUT2D eigenvalue weighted by molar-refractivity contribution is 5.94. The number of nitrogens with one attached hydrogen (secondary N) is 1. The van der Waals surface area contributed by atoms with Gasteiger partial charge in [-0.25, -0.2) is 4.68 Å². The Bertz CT molecular complexity index is 564. The lowest BCUT2D eigenvalue weighted by Crippen LogP contribution is -2.25. The molecule has 0 fully saturated rings. The number of ether oxygens (including phenoxy) is 1. The third kappa shape index (κ3) is 3.17. The van der Waals surface area contributed by atoms with Crippen LogP contribution in [0.5, 0.6) is 5.75 Å². The maximum absolute atomic E-state index is 12.1. The number of amides is 1. The predicted octanol–water partition coefficient (Wildman–Crippen LogP) is 2.41. The first-order chi connectivity index (χ1) is 9.76. The van der Waals surface area contributed by atoms with Gasteiger partial charge in [0.2, 0.25) is 0 Å². The Hall–Kier alpha value is -2.30. The van der Waals surface area contributed by atoms with Gasteiger partial charge in [0.05, 0.1) is 19.0 Å². The Balaban J connectivity index is 2.21. The van der Waals surface area contributed by atoms with Gasteiger partial charge in [-0.3, -0.25) is 4.79 Å². The summed E-state index contributed by atoms with van der Waals surface area (Å²) in [5.74, 6) is 0.271. The Morgan fingerprint density at radius 3 is 2.75 bits per heavy atom. The molecule has 106 valence electrons. The molecule has 1 amide bonds. The molecule has 5 nitrogen and oxygen atoms in total. The van der Waals surface area contributed by atoms with Crippen molar-refractivity contribution < 1.29 is 9.53 Å². The van der Waals surface area contributed by atoms with Gasteiger partial charge in [0.1, 0.15) is 0 Å². The molecule has 0 aliphatic carbocycles. The molecular weight excluding hydrogens is 254 g/mol. The van der Waals surface area contributed by atoms with Crippen LogP contribution in [0.3, 0.4) is 0 Å². The summed E-state index contributed by atoms with van der Waals surface area (Å²) in [5.41, 5.74) is 1.20. The average Bonchev–Trinajstić information content (AvgIpc) is 2.92. The van der Waals surface area contributed by atoms with E-state index in [0.717, 1.165) is 18.5 Å². The van der Waals surface area contributed by atoms with Crippen molar-refractivity contribution in [1.29, 1.82) is 0 Å². The normalized spacial score (nSPS) is 10.3. The zero-order valence-electron chi connectivity index (χ0n) is 11.8. The molecule has 1 aromatic carbocycles. The quantitative estimate of drug-likeness (QED) is 0.822. The summed E-state index contributed by atoms with van der Waals surface area (Å²) in [5, 5.41) is 7.15. The number of aromatic nitrogens is 2. The summed E-state index contributed by atoms with van der Waals surface area (Å²) in [7, 11) is 1.54. The average molecular weight is 273 g/mol. The number of unbranched alkanes of at least 4 members (excludes halogenated alkanes) is 1. The molecule has 0 aliphatic heterocycles. The van der Waals surface area contributed by atoms with Crippen LogP contribution >= 0.6 is 0 Å². The van der Waals surface area contributed by atoms with E-state index in [9.17, 15) is 4.79 Å². The Morgan fingerprint density at radius 2 is 2.10 bits per heavy atom. The van der Waals surface area contributed by atoms with Gasteiger partial charge in [0.15, 0.2) is 11.4 Å². The van der Waals surface area contributed by atoms with Crippen LogP contribution in [0.4, 0.5) is 0 Å². The molecule has 2 rings (SSSR count). The van der Waals surface area contributed by atoms with E-state index in [2.05, 4.69) is 17.3 Å². The first-order valence-corrected chi connectivity index (χ1v) is 6.73. The van der Waals surface area contributed by atoms with Crippen molar-refractivity contribution in [1.82, 2.24) is 15.1 Å². The zero-order chi connectivity index (χ0) is 14.4. The van der Waals surface area contributed by atoms with Crippen molar-refractivity contribution in [3.63, 3.8) is 0 Å². The summed E-state index contributed by atoms with van der Waals surface area (Å²) in [4.78, 5) is 12.1. The number of hydrogen-bond acceptors (Lipinski definition) is 3. The molecule has 0 atom stereocenters. The minimum atomic E-state index is -0.204. The minimum absolute atomic E-state index is 0.204. The molecular formula is C15H19N3O2. The van der Waals surface area contributed by atoms with Crippen LogP contribution in [-0.2, 0) is 0 Å². The van der Waals surface area contributed by atoms with Gasteiger partial charge < -0.3 is 10.1 Å². The van der Waals surface area contributed by atoms with Crippen LogP contribution in [0.15, 0.2) is 36.5 Å². The van der Waals surface area contributed by atoms with Crippen LogP contribution in [0, 0.1) is 0 Å². The lowest BCUT2D eigenvalue weighted by atomic mass is 10.3. The minimum Gasteiger partial charge on any atom is -0.493 e. The number of nitrogens with zero attached hydrogens (tertiary/aromatic N) is 2. The van der Waals surface area contributed by atoms with E-state index >= 15 is 0 Å². The summed E-state index contributed by atoms with van der Waals surface area (Å²) in [6, 6.07) is 9.62. The number of para-hydroxylation sites is 1. The van der Waals surface area contributed by atoms with E-state index in [1.54, 1.807) is 10.9 Å². The van der Waals surface area contributed by atoms with Crippen molar-refractivity contribution in [3.8, 4) is 11.4 Å². The number of methoxy groups -OCH3 is 1. The maximum atomic E-state index is 12.1. The Kier molecular flexibility index (Phi) is 4.76. The Morgan fingerprint density at radius 1 is 1.35 bits per heavy atom. The molecule has 2 aromatic rings. The van der Waals surface area contributed by atoms with E-state index in [1.807, 2.05) is 30.3 Å². The molecule has 0 saturated heterocycles. The van der Waals surface area contributed by atoms with Gasteiger partial charge >= 0.3 is 0 Å². The molecule has 0 aliphatic rings. The fourth-order valence-corrected chi connectivity index (χ4v) is 1.84. The smallest absolute Gasteiger partial charge is 0.275 e. The van der Waals surface area contributed by atoms with E-state index in [0.29, 0.717) is 18.0 Å². The molecule has 0 saturated carbocycles. The standard InChI is InChI=1S/C15H19N3O2/c1-3-4-10-16-15(19)14-13(20-2)11-18(17-14)12-8-6-5-7-9-12/h5-9,11H,3-4,10H2,1-2H3,(H,16,19). The van der Waals surface area contributed by atoms with Crippen LogP contribution < -0.4 is 10.1 Å². The number of hydrogen-bond donors (Lipinski definition) is 1. The van der Waals surface area contributed by atoms with E-state index in [-0.39, 0.29) is 5.91 Å². The van der Waals surface area contributed by atoms with Gasteiger partial charge in [0, 0.05) is 6.54 Å². The van der Waals surface area contributed by atoms with Gasteiger partial charge in [-0.2, -0.15) is 5.10 Å². The molecule has 5 heteroatoms. The highest BCUT2D eigenvalue weighted by atomic mass is 16.5. The second kappa shape index (κ2) is 6.75. The highest BCUT2D eigenvalue weighted by Crippen LogP contribution is 2.19. The highest BCUT2D eigenvalue weighted by Gasteiger charge is 2.17. The van der Waals surface area contributed by atoms with Crippen LogP contribution in [0.1, 0.15) is 30.3 Å². The lowest BCUT2D eigenvalue weighted by Gasteiger charge is -2.03. The molecule has 0 bridgehead atoms. The fraction of sp³-hybridized carbons (Fsp3) is 0.333. The number of benzene rings is 1. The maximum Gasteiger partial charge on any atom is 0.275 e. The van der Waals surface area contributed by atoms with Crippen LogP contribution in [0.25, 0.3) is 5.69 Å². The monoisotopic (exact) mass is 273 g/mol. The molecule has 0 unspecified atom stereocenters. The molecule has 1 heterocycles. The largest absolute Gasteiger partial charge is 0.493 e. The van der Waals surface area contributed by atoms with Gasteiger partial charge in [0.25, 0.3) is 5.91 Å². The summed E-state index contributed by atoms with van der Waals surface area (Å²) in [6.07, 6.45) is 3.70. The van der Waals surface area contributed by atoms with Crippen molar-refractivity contribution in [3.05, 3.63) is 42.2 Å². The van der Waals surface area contributed by atoms with Crippen molar-refractivity contribution in [2.24, 2.45) is 0 Å². The van der Waals surface area contributed by atoms with E-state index in [1.165, 1.54) is 7.11 Å². The van der Waals surface area contributed by atoms with Crippen molar-refractivity contribution in [2.75, 3.05) is 13.7 Å². The zero-order valence-corrected chi connectivity index (χ0v) is 11.8. The summed E-state index contributed by atoms with van der Waals surface area (Å²) in [6.45, 7) is 2.73. The second-order valence-electron chi connectivity index (χ2n) is 4.44. The first kappa shape index (κ1) is 14.1. The molecule has 20 heavy (non-hydrogen) atoms. The predicted molar refractivity (Wildman–Crippen MR) is 77.4 cm³/mol. The summed E-state index contributed by atoms with van der Waals surface area (Å²) < 4.78 is 6.88.